The number of hydrogen-bond donors (Lipinski definition) is 1. The second-order valence-electron chi connectivity index (χ2n) is 4.33. The van der Waals surface area contributed by atoms with E-state index in [-0.39, 0.29) is 12.7 Å². The zero-order valence-electron chi connectivity index (χ0n) is 11.9. The summed E-state index contributed by atoms with van der Waals surface area (Å²) in [7, 11) is 0. The Morgan fingerprint density at radius 2 is 1.86 bits per heavy atom. The Labute approximate surface area is 138 Å². The van der Waals surface area contributed by atoms with Crippen molar-refractivity contribution in [2.45, 2.75) is 6.92 Å². The molecule has 0 aliphatic rings. The maximum absolute atomic E-state index is 12.2. The summed E-state index contributed by atoms with van der Waals surface area (Å²) in [6, 6.07) is 11.8. The number of hydrogen-bond acceptors (Lipinski definition) is 3. The minimum atomic E-state index is -0.277. The maximum atomic E-state index is 12.2. The molecule has 0 aliphatic carbocycles. The number of rotatable bonds is 6. The lowest BCUT2D eigenvalue weighted by atomic mass is 10.2. The number of halogens is 2. The van der Waals surface area contributed by atoms with Gasteiger partial charge in [0.05, 0.1) is 15.7 Å². The van der Waals surface area contributed by atoms with Crippen molar-refractivity contribution < 1.29 is 14.3 Å². The van der Waals surface area contributed by atoms with E-state index in [2.05, 4.69) is 5.32 Å². The summed E-state index contributed by atoms with van der Waals surface area (Å²) in [5, 5.41) is 3.42. The highest BCUT2D eigenvalue weighted by atomic mass is 35.5. The number of ether oxygens (including phenoxy) is 2. The molecule has 0 heterocycles. The van der Waals surface area contributed by atoms with Crippen LogP contribution in [0, 0.1) is 0 Å². The van der Waals surface area contributed by atoms with E-state index in [1.165, 1.54) is 0 Å². The van der Waals surface area contributed by atoms with Gasteiger partial charge in [0, 0.05) is 12.2 Å². The molecule has 0 aromatic heterocycles. The predicted octanol–water partition coefficient (Wildman–Crippen LogP) is 4.62. The van der Waals surface area contributed by atoms with E-state index in [9.17, 15) is 4.79 Å². The number of carbonyl (C=O) groups excluding carboxylic acids is 1. The van der Waals surface area contributed by atoms with Crippen LogP contribution in [0.5, 0.6) is 5.75 Å². The number of carbonyl (C=O) groups is 1. The van der Waals surface area contributed by atoms with Crippen LogP contribution in [0.15, 0.2) is 42.5 Å². The van der Waals surface area contributed by atoms with Gasteiger partial charge in [0.2, 0.25) is 0 Å². The van der Waals surface area contributed by atoms with Gasteiger partial charge in [-0.3, -0.25) is 4.79 Å². The highest BCUT2D eigenvalue weighted by molar-refractivity contribution is 6.44. The van der Waals surface area contributed by atoms with Crippen LogP contribution in [0.3, 0.4) is 0 Å². The molecule has 2 aromatic carbocycles. The number of nitrogens with one attached hydrogen (secondary N) is 1. The highest BCUT2D eigenvalue weighted by Gasteiger charge is 2.10. The van der Waals surface area contributed by atoms with Crippen molar-refractivity contribution >= 4 is 34.8 Å². The van der Waals surface area contributed by atoms with E-state index in [4.69, 9.17) is 32.7 Å². The lowest BCUT2D eigenvalue weighted by molar-refractivity contribution is 0.0224. The first-order chi connectivity index (χ1) is 10.6. The molecule has 0 bridgehead atoms. The average molecular weight is 340 g/mol. The van der Waals surface area contributed by atoms with Gasteiger partial charge in [-0.1, -0.05) is 29.3 Å². The quantitative estimate of drug-likeness (QED) is 0.617. The lowest BCUT2D eigenvalue weighted by Gasteiger charge is -2.09. The molecule has 116 valence electrons. The third kappa shape index (κ3) is 4.37. The topological polar surface area (TPSA) is 47.6 Å². The molecule has 22 heavy (non-hydrogen) atoms. The number of benzene rings is 2. The van der Waals surface area contributed by atoms with Crippen molar-refractivity contribution in [1.29, 1.82) is 0 Å². The summed E-state index contributed by atoms with van der Waals surface area (Å²) in [4.78, 5) is 12.2. The molecule has 0 aliphatic heterocycles. The highest BCUT2D eigenvalue weighted by Crippen LogP contribution is 2.29. The molecule has 2 aromatic rings. The zero-order valence-corrected chi connectivity index (χ0v) is 13.4. The maximum Gasteiger partial charge on any atom is 0.255 e. The molecule has 0 saturated carbocycles. The van der Waals surface area contributed by atoms with Gasteiger partial charge < -0.3 is 14.8 Å². The molecule has 1 amide bonds. The summed E-state index contributed by atoms with van der Waals surface area (Å²) in [6.45, 7) is 2.65. The van der Waals surface area contributed by atoms with Crippen molar-refractivity contribution in [3.8, 4) is 5.75 Å². The van der Waals surface area contributed by atoms with Crippen LogP contribution in [0.4, 0.5) is 5.69 Å². The summed E-state index contributed by atoms with van der Waals surface area (Å²) < 4.78 is 10.4. The third-order valence-corrected chi connectivity index (χ3v) is 3.65. The van der Waals surface area contributed by atoms with E-state index in [1.807, 2.05) is 6.92 Å². The van der Waals surface area contributed by atoms with Crippen molar-refractivity contribution in [3.05, 3.63) is 58.1 Å². The number of anilines is 1. The van der Waals surface area contributed by atoms with Crippen molar-refractivity contribution in [2.24, 2.45) is 0 Å². The molecule has 4 nitrogen and oxygen atoms in total. The van der Waals surface area contributed by atoms with E-state index >= 15 is 0 Å². The van der Waals surface area contributed by atoms with Crippen molar-refractivity contribution in [3.63, 3.8) is 0 Å². The second kappa shape index (κ2) is 8.03. The fraction of sp³-hybridized carbons (Fsp3) is 0.188. The monoisotopic (exact) mass is 339 g/mol. The predicted molar refractivity (Wildman–Crippen MR) is 88.0 cm³/mol. The first kappa shape index (κ1) is 16.6. The van der Waals surface area contributed by atoms with E-state index in [0.29, 0.717) is 33.7 Å². The second-order valence-corrected chi connectivity index (χ2v) is 5.12. The Morgan fingerprint density at radius 3 is 2.55 bits per heavy atom. The molecule has 1 N–H and O–H groups in total. The van der Waals surface area contributed by atoms with Crippen molar-refractivity contribution in [2.75, 3.05) is 18.7 Å². The molecule has 0 atom stereocenters. The molecule has 6 heteroatoms. The fourth-order valence-electron chi connectivity index (χ4n) is 1.69. The standard InChI is InChI=1S/C16H15Cl2NO3/c1-2-21-10-22-12-8-6-11(7-9-12)16(20)19-14-5-3-4-13(17)15(14)18/h3-9H,2,10H2,1H3,(H,19,20). The van der Waals surface area contributed by atoms with Crippen LogP contribution in [0.1, 0.15) is 17.3 Å². The SMILES string of the molecule is CCOCOc1ccc(C(=O)Nc2cccc(Cl)c2Cl)cc1. The van der Waals surface area contributed by atoms with Gasteiger partial charge in [-0.15, -0.1) is 0 Å². The Balaban J connectivity index is 2.02. The van der Waals surface area contributed by atoms with E-state index < -0.39 is 0 Å². The molecule has 0 spiro atoms. The van der Waals surface area contributed by atoms with Gasteiger partial charge in [-0.05, 0) is 43.3 Å². The molecule has 0 radical (unpaired) electrons. The molecule has 0 fully saturated rings. The summed E-state index contributed by atoms with van der Waals surface area (Å²) >= 11 is 12.0. The third-order valence-electron chi connectivity index (χ3n) is 2.83. The molecule has 0 unspecified atom stereocenters. The van der Waals surface area contributed by atoms with Crippen molar-refractivity contribution in [1.82, 2.24) is 0 Å². The van der Waals surface area contributed by atoms with Gasteiger partial charge in [-0.25, -0.2) is 0 Å². The van der Waals surface area contributed by atoms with Gasteiger partial charge in [-0.2, -0.15) is 0 Å². The fourth-order valence-corrected chi connectivity index (χ4v) is 2.04. The lowest BCUT2D eigenvalue weighted by Crippen LogP contribution is -2.12. The molecular formula is C16H15Cl2NO3. The Bertz CT molecular complexity index is 644. The minimum absolute atomic E-state index is 0.181. The Morgan fingerprint density at radius 1 is 1.14 bits per heavy atom. The summed E-state index contributed by atoms with van der Waals surface area (Å²) in [5.41, 5.74) is 0.954. The summed E-state index contributed by atoms with van der Waals surface area (Å²) in [5.74, 6) is 0.353. The first-order valence-corrected chi connectivity index (χ1v) is 7.43. The van der Waals surface area contributed by atoms with Gasteiger partial charge in [0.15, 0.2) is 6.79 Å². The molecule has 0 saturated heterocycles. The van der Waals surface area contributed by atoms with Crippen LogP contribution in [-0.4, -0.2) is 19.3 Å². The number of amides is 1. The van der Waals surface area contributed by atoms with Crippen LogP contribution in [-0.2, 0) is 4.74 Å². The largest absolute Gasteiger partial charge is 0.468 e. The van der Waals surface area contributed by atoms with Crippen LogP contribution in [0.2, 0.25) is 10.0 Å². The van der Waals surface area contributed by atoms with Crippen LogP contribution < -0.4 is 10.1 Å². The Kier molecular flexibility index (Phi) is 6.07. The smallest absolute Gasteiger partial charge is 0.255 e. The minimum Gasteiger partial charge on any atom is -0.468 e. The van der Waals surface area contributed by atoms with E-state index in [1.54, 1.807) is 42.5 Å². The molecule has 2 rings (SSSR count). The summed E-state index contributed by atoms with van der Waals surface area (Å²) in [6.07, 6.45) is 0. The first-order valence-electron chi connectivity index (χ1n) is 6.67. The average Bonchev–Trinajstić information content (AvgIpc) is 2.53. The Hall–Kier alpha value is -1.75. The zero-order chi connectivity index (χ0) is 15.9. The van der Waals surface area contributed by atoms with Gasteiger partial charge in [0.1, 0.15) is 5.75 Å². The van der Waals surface area contributed by atoms with Gasteiger partial charge >= 0.3 is 0 Å². The van der Waals surface area contributed by atoms with Crippen LogP contribution >= 0.6 is 23.2 Å². The van der Waals surface area contributed by atoms with Crippen LogP contribution in [0.25, 0.3) is 0 Å². The van der Waals surface area contributed by atoms with Gasteiger partial charge in [0.25, 0.3) is 5.91 Å². The van der Waals surface area contributed by atoms with E-state index in [0.717, 1.165) is 0 Å². The normalized spacial score (nSPS) is 10.3. The molecular weight excluding hydrogens is 325 g/mol.